The first-order valence-electron chi connectivity index (χ1n) is 9.78. The highest BCUT2D eigenvalue weighted by Crippen LogP contribution is 2.16. The summed E-state index contributed by atoms with van der Waals surface area (Å²) in [6.45, 7) is 2.86. The van der Waals surface area contributed by atoms with Crippen molar-refractivity contribution in [3.8, 4) is 11.5 Å². The van der Waals surface area contributed by atoms with E-state index in [9.17, 15) is 4.79 Å². The minimum Gasteiger partial charge on any atom is -0.497 e. The Morgan fingerprint density at radius 1 is 0.967 bits per heavy atom. The molecule has 1 unspecified atom stereocenters. The largest absolute Gasteiger partial charge is 0.497 e. The molecule has 0 aliphatic heterocycles. The fraction of sp³-hybridized carbons (Fsp3) is 0.250. The number of carbonyl (C=O) groups excluding carboxylic acids is 1. The standard InChI is InChI=1S/C24H26N2O4/c1-18(29-16-20-8-6-10-22(14-20)28-2)24(27)26-15-19-7-5-11-23(13-19)30-17-21-9-3-4-12-25-21/h3-14,18H,15-17H2,1-2H3,(H,26,27). The summed E-state index contributed by atoms with van der Waals surface area (Å²) in [5.74, 6) is 1.32. The predicted molar refractivity (Wildman–Crippen MR) is 114 cm³/mol. The molecule has 3 aromatic rings. The number of carbonyl (C=O) groups is 1. The molecule has 0 saturated heterocycles. The molecule has 0 bridgehead atoms. The molecule has 1 atom stereocenters. The maximum atomic E-state index is 12.4. The molecular weight excluding hydrogens is 380 g/mol. The van der Waals surface area contributed by atoms with Gasteiger partial charge in [-0.1, -0.05) is 30.3 Å². The van der Waals surface area contributed by atoms with Gasteiger partial charge in [-0.15, -0.1) is 0 Å². The van der Waals surface area contributed by atoms with Gasteiger partial charge in [0.2, 0.25) is 5.91 Å². The number of nitrogens with one attached hydrogen (secondary N) is 1. The second kappa shape index (κ2) is 11.0. The van der Waals surface area contributed by atoms with E-state index < -0.39 is 6.10 Å². The van der Waals surface area contributed by atoms with Crippen LogP contribution in [-0.2, 0) is 29.3 Å². The van der Waals surface area contributed by atoms with Crippen molar-refractivity contribution in [1.29, 1.82) is 0 Å². The van der Waals surface area contributed by atoms with Gasteiger partial charge >= 0.3 is 0 Å². The summed E-state index contributed by atoms with van der Waals surface area (Å²) in [5.41, 5.74) is 2.76. The minimum absolute atomic E-state index is 0.169. The van der Waals surface area contributed by atoms with Gasteiger partial charge in [-0.2, -0.15) is 0 Å². The van der Waals surface area contributed by atoms with Gasteiger partial charge in [0.25, 0.3) is 0 Å². The third kappa shape index (κ3) is 6.60. The Labute approximate surface area is 176 Å². The van der Waals surface area contributed by atoms with Crippen molar-refractivity contribution in [2.45, 2.75) is 32.8 Å². The van der Waals surface area contributed by atoms with Crippen LogP contribution in [0, 0.1) is 0 Å². The molecule has 6 nitrogen and oxygen atoms in total. The highest BCUT2D eigenvalue weighted by Gasteiger charge is 2.13. The van der Waals surface area contributed by atoms with Crippen LogP contribution in [-0.4, -0.2) is 24.1 Å². The predicted octanol–water partition coefficient (Wildman–Crippen LogP) is 3.89. The second-order valence-corrected chi connectivity index (χ2v) is 6.78. The minimum atomic E-state index is -0.570. The van der Waals surface area contributed by atoms with Crippen molar-refractivity contribution in [3.05, 3.63) is 89.7 Å². The molecule has 0 fully saturated rings. The van der Waals surface area contributed by atoms with E-state index in [2.05, 4.69) is 10.3 Å². The Balaban J connectivity index is 1.45. The molecular formula is C24H26N2O4. The van der Waals surface area contributed by atoms with Gasteiger partial charge in [0.1, 0.15) is 24.2 Å². The lowest BCUT2D eigenvalue weighted by molar-refractivity contribution is -0.132. The zero-order chi connectivity index (χ0) is 21.2. The third-order valence-corrected chi connectivity index (χ3v) is 4.48. The van der Waals surface area contributed by atoms with Crippen molar-refractivity contribution in [2.75, 3.05) is 7.11 Å². The van der Waals surface area contributed by atoms with Gasteiger partial charge in [0, 0.05) is 12.7 Å². The Morgan fingerprint density at radius 2 is 1.73 bits per heavy atom. The molecule has 1 aromatic heterocycles. The van der Waals surface area contributed by atoms with E-state index in [-0.39, 0.29) is 5.91 Å². The van der Waals surface area contributed by atoms with Crippen LogP contribution in [0.1, 0.15) is 23.7 Å². The number of rotatable bonds is 10. The van der Waals surface area contributed by atoms with Gasteiger partial charge in [-0.25, -0.2) is 0 Å². The van der Waals surface area contributed by atoms with Crippen molar-refractivity contribution in [2.24, 2.45) is 0 Å². The summed E-state index contributed by atoms with van der Waals surface area (Å²) in [5, 5.41) is 2.90. The van der Waals surface area contributed by atoms with E-state index in [4.69, 9.17) is 14.2 Å². The zero-order valence-electron chi connectivity index (χ0n) is 17.2. The molecule has 3 rings (SSSR count). The number of methoxy groups -OCH3 is 1. The summed E-state index contributed by atoms with van der Waals surface area (Å²) in [4.78, 5) is 16.6. The van der Waals surface area contributed by atoms with Gasteiger partial charge in [0.05, 0.1) is 19.4 Å². The summed E-state index contributed by atoms with van der Waals surface area (Å²) in [7, 11) is 1.62. The van der Waals surface area contributed by atoms with Crippen LogP contribution in [0.15, 0.2) is 72.9 Å². The Morgan fingerprint density at radius 3 is 2.50 bits per heavy atom. The van der Waals surface area contributed by atoms with Gasteiger partial charge < -0.3 is 19.5 Å². The van der Waals surface area contributed by atoms with Crippen LogP contribution < -0.4 is 14.8 Å². The smallest absolute Gasteiger partial charge is 0.249 e. The molecule has 0 aliphatic rings. The average Bonchev–Trinajstić information content (AvgIpc) is 2.80. The molecule has 30 heavy (non-hydrogen) atoms. The number of benzene rings is 2. The normalized spacial score (nSPS) is 11.5. The van der Waals surface area contributed by atoms with Crippen molar-refractivity contribution in [1.82, 2.24) is 10.3 Å². The first kappa shape index (κ1) is 21.3. The van der Waals surface area contributed by atoms with Crippen LogP contribution in [0.4, 0.5) is 0 Å². The number of aromatic nitrogens is 1. The van der Waals surface area contributed by atoms with Crippen LogP contribution >= 0.6 is 0 Å². The fourth-order valence-electron chi connectivity index (χ4n) is 2.78. The molecule has 1 N–H and O–H groups in total. The number of ether oxygens (including phenoxy) is 3. The van der Waals surface area contributed by atoms with Gasteiger partial charge in [-0.05, 0) is 54.4 Å². The SMILES string of the molecule is COc1cccc(COC(C)C(=O)NCc2cccc(OCc3ccccn3)c2)c1. The molecule has 1 heterocycles. The van der Waals surface area contributed by atoms with Crippen LogP contribution in [0.5, 0.6) is 11.5 Å². The van der Waals surface area contributed by atoms with Crippen LogP contribution in [0.25, 0.3) is 0 Å². The number of hydrogen-bond acceptors (Lipinski definition) is 5. The quantitative estimate of drug-likeness (QED) is 0.553. The Hall–Kier alpha value is -3.38. The number of amides is 1. The highest BCUT2D eigenvalue weighted by atomic mass is 16.5. The molecule has 0 aliphatic carbocycles. The highest BCUT2D eigenvalue weighted by molar-refractivity contribution is 5.80. The average molecular weight is 406 g/mol. The topological polar surface area (TPSA) is 69.7 Å². The van der Waals surface area contributed by atoms with Crippen LogP contribution in [0.3, 0.4) is 0 Å². The van der Waals surface area contributed by atoms with E-state index in [1.54, 1.807) is 20.2 Å². The zero-order valence-corrected chi connectivity index (χ0v) is 17.2. The molecule has 156 valence electrons. The molecule has 2 aromatic carbocycles. The van der Waals surface area contributed by atoms with Crippen molar-refractivity contribution in [3.63, 3.8) is 0 Å². The molecule has 1 amide bonds. The summed E-state index contributed by atoms with van der Waals surface area (Å²) in [6.07, 6.45) is 1.17. The maximum absolute atomic E-state index is 12.4. The summed E-state index contributed by atoms with van der Waals surface area (Å²) < 4.78 is 16.7. The molecule has 0 radical (unpaired) electrons. The van der Waals surface area contributed by atoms with E-state index >= 15 is 0 Å². The van der Waals surface area contributed by atoms with E-state index in [0.29, 0.717) is 19.8 Å². The lowest BCUT2D eigenvalue weighted by Gasteiger charge is -2.14. The van der Waals surface area contributed by atoms with Crippen LogP contribution in [0.2, 0.25) is 0 Å². The van der Waals surface area contributed by atoms with Gasteiger partial charge in [0.15, 0.2) is 0 Å². The Bertz CT molecular complexity index is 947. The molecule has 6 heteroatoms. The maximum Gasteiger partial charge on any atom is 0.249 e. The number of hydrogen-bond donors (Lipinski definition) is 1. The lowest BCUT2D eigenvalue weighted by Crippen LogP contribution is -2.34. The number of nitrogens with zero attached hydrogens (tertiary/aromatic N) is 1. The van der Waals surface area contributed by atoms with Crippen molar-refractivity contribution >= 4 is 5.91 Å². The fourth-order valence-corrected chi connectivity index (χ4v) is 2.78. The van der Waals surface area contributed by atoms with Gasteiger partial charge in [-0.3, -0.25) is 9.78 Å². The van der Waals surface area contributed by atoms with E-state index in [0.717, 1.165) is 28.3 Å². The lowest BCUT2D eigenvalue weighted by atomic mass is 10.2. The summed E-state index contributed by atoms with van der Waals surface area (Å²) in [6, 6.07) is 20.9. The van der Waals surface area contributed by atoms with E-state index in [1.165, 1.54) is 0 Å². The first-order valence-corrected chi connectivity index (χ1v) is 9.78. The van der Waals surface area contributed by atoms with E-state index in [1.807, 2.05) is 66.7 Å². The summed E-state index contributed by atoms with van der Waals surface area (Å²) >= 11 is 0. The number of pyridine rings is 1. The molecule has 0 spiro atoms. The Kier molecular flexibility index (Phi) is 7.80. The van der Waals surface area contributed by atoms with Crippen molar-refractivity contribution < 1.29 is 19.0 Å². The molecule has 0 saturated carbocycles. The monoisotopic (exact) mass is 406 g/mol. The second-order valence-electron chi connectivity index (χ2n) is 6.78. The third-order valence-electron chi connectivity index (χ3n) is 4.48. The first-order chi connectivity index (χ1) is 14.6.